The molecule has 0 amide bonds. The van der Waals surface area contributed by atoms with Crippen LogP contribution in [0.15, 0.2) is 0 Å². The van der Waals surface area contributed by atoms with E-state index < -0.39 is 11.4 Å². The molecule has 4 nitrogen and oxygen atoms in total. The standard InChI is InChI=1S/C25H50O2.C6H12O2/c1-4-6-7-8-9-10-11-12-13-14-15-16-17-18-19-20-21-22-23-27-25(26)24(3)5-2;1-4-6(2,3)5(7)8/h24H,4-23H2,1-3H3;4H2,1-3H3,(H,7,8). The molecule has 0 aromatic heterocycles. The molecule has 0 aliphatic rings. The highest BCUT2D eigenvalue weighted by atomic mass is 16.5. The normalized spacial score (nSPS) is 12.1. The first-order chi connectivity index (χ1) is 16.7. The van der Waals surface area contributed by atoms with Crippen molar-refractivity contribution >= 4 is 11.9 Å². The Morgan fingerprint density at radius 1 is 0.657 bits per heavy atom. The van der Waals surface area contributed by atoms with Gasteiger partial charge in [-0.05, 0) is 33.1 Å². The quantitative estimate of drug-likeness (QED) is 0.112. The Hall–Kier alpha value is -1.06. The summed E-state index contributed by atoms with van der Waals surface area (Å²) in [7, 11) is 0. The molecule has 0 radical (unpaired) electrons. The fourth-order valence-electron chi connectivity index (χ4n) is 3.64. The number of carboxylic acids is 1. The lowest BCUT2D eigenvalue weighted by molar-refractivity contribution is -0.148. The van der Waals surface area contributed by atoms with Crippen LogP contribution in [0.3, 0.4) is 0 Å². The maximum atomic E-state index is 11.5. The predicted octanol–water partition coefficient (Wildman–Crippen LogP) is 10.1. The minimum absolute atomic E-state index is 0.0236. The molecule has 35 heavy (non-hydrogen) atoms. The van der Waals surface area contributed by atoms with E-state index in [1.54, 1.807) is 13.8 Å². The van der Waals surface area contributed by atoms with Crippen molar-refractivity contribution in [2.45, 2.75) is 170 Å². The zero-order valence-electron chi connectivity index (χ0n) is 24.6. The molecule has 0 spiro atoms. The minimum Gasteiger partial charge on any atom is -0.481 e. The van der Waals surface area contributed by atoms with Gasteiger partial charge >= 0.3 is 11.9 Å². The lowest BCUT2D eigenvalue weighted by atomic mass is 9.91. The van der Waals surface area contributed by atoms with Crippen molar-refractivity contribution in [1.29, 1.82) is 0 Å². The fourth-order valence-corrected chi connectivity index (χ4v) is 3.64. The number of rotatable bonds is 23. The van der Waals surface area contributed by atoms with Gasteiger partial charge in [-0.1, -0.05) is 137 Å². The molecule has 1 unspecified atom stereocenters. The van der Waals surface area contributed by atoms with E-state index in [1.165, 1.54) is 109 Å². The third kappa shape index (κ3) is 25.8. The highest BCUT2D eigenvalue weighted by Crippen LogP contribution is 2.18. The number of unbranched alkanes of at least 4 members (excludes halogenated alkanes) is 17. The van der Waals surface area contributed by atoms with Crippen molar-refractivity contribution in [2.75, 3.05) is 6.61 Å². The maximum absolute atomic E-state index is 11.5. The molecule has 0 heterocycles. The number of hydrogen-bond donors (Lipinski definition) is 1. The van der Waals surface area contributed by atoms with Crippen LogP contribution in [0.4, 0.5) is 0 Å². The van der Waals surface area contributed by atoms with E-state index in [1.807, 2.05) is 20.8 Å². The van der Waals surface area contributed by atoms with E-state index in [-0.39, 0.29) is 11.9 Å². The molecule has 0 aromatic carbocycles. The van der Waals surface area contributed by atoms with Gasteiger partial charge in [0, 0.05) is 0 Å². The molecular weight excluding hydrogens is 436 g/mol. The molecule has 1 N–H and O–H groups in total. The van der Waals surface area contributed by atoms with Crippen LogP contribution in [0.2, 0.25) is 0 Å². The Morgan fingerprint density at radius 2 is 1.00 bits per heavy atom. The number of ether oxygens (including phenoxy) is 1. The van der Waals surface area contributed by atoms with Crippen LogP contribution >= 0.6 is 0 Å². The zero-order valence-corrected chi connectivity index (χ0v) is 24.6. The van der Waals surface area contributed by atoms with Crippen molar-refractivity contribution < 1.29 is 19.4 Å². The van der Waals surface area contributed by atoms with Gasteiger partial charge in [0.1, 0.15) is 0 Å². The van der Waals surface area contributed by atoms with E-state index in [2.05, 4.69) is 6.92 Å². The van der Waals surface area contributed by atoms with Gasteiger partial charge in [-0.25, -0.2) is 0 Å². The van der Waals surface area contributed by atoms with Gasteiger partial charge < -0.3 is 9.84 Å². The minimum atomic E-state index is -0.722. The second-order valence-electron chi connectivity index (χ2n) is 11.0. The Labute approximate surface area is 219 Å². The van der Waals surface area contributed by atoms with Crippen molar-refractivity contribution in [3.05, 3.63) is 0 Å². The summed E-state index contributed by atoms with van der Waals surface area (Å²) in [6.45, 7) is 12.2. The molecule has 0 fully saturated rings. The van der Waals surface area contributed by atoms with Crippen molar-refractivity contribution in [1.82, 2.24) is 0 Å². The molecule has 0 aliphatic heterocycles. The Bertz CT molecular complexity index is 473. The molecule has 0 saturated heterocycles. The number of carboxylic acid groups (broad SMARTS) is 1. The summed E-state index contributed by atoms with van der Waals surface area (Å²) >= 11 is 0. The van der Waals surface area contributed by atoms with Crippen LogP contribution in [0, 0.1) is 11.3 Å². The number of aliphatic carboxylic acids is 1. The van der Waals surface area contributed by atoms with Crippen LogP contribution in [0.1, 0.15) is 170 Å². The Morgan fingerprint density at radius 3 is 1.26 bits per heavy atom. The number of esters is 1. The molecule has 0 saturated carbocycles. The molecular formula is C31H62O4. The number of hydrogen-bond acceptors (Lipinski definition) is 3. The van der Waals surface area contributed by atoms with Gasteiger partial charge in [-0.15, -0.1) is 0 Å². The van der Waals surface area contributed by atoms with Gasteiger partial charge in [0.2, 0.25) is 0 Å². The molecule has 0 aliphatic carbocycles. The van der Waals surface area contributed by atoms with Crippen molar-refractivity contribution in [3.63, 3.8) is 0 Å². The summed E-state index contributed by atoms with van der Waals surface area (Å²) in [6.07, 6.45) is 26.5. The molecule has 0 aromatic rings. The summed E-state index contributed by atoms with van der Waals surface area (Å²) in [5.41, 5.74) is -0.542. The van der Waals surface area contributed by atoms with Gasteiger partial charge in [-0.3, -0.25) is 9.59 Å². The van der Waals surface area contributed by atoms with Gasteiger partial charge in [0.15, 0.2) is 0 Å². The largest absolute Gasteiger partial charge is 0.481 e. The molecule has 0 bridgehead atoms. The zero-order chi connectivity index (χ0) is 26.8. The first-order valence-electron chi connectivity index (χ1n) is 15.1. The third-order valence-electron chi connectivity index (χ3n) is 7.22. The summed E-state index contributed by atoms with van der Waals surface area (Å²) in [4.78, 5) is 21.8. The van der Waals surface area contributed by atoms with E-state index in [0.29, 0.717) is 13.0 Å². The highest BCUT2D eigenvalue weighted by Gasteiger charge is 2.23. The SMILES string of the molecule is CCC(C)(C)C(=O)O.CCCCCCCCCCCCCCCCCCCCOC(=O)C(C)CC. The third-order valence-corrected chi connectivity index (χ3v) is 7.22. The van der Waals surface area contributed by atoms with Crippen LogP contribution < -0.4 is 0 Å². The van der Waals surface area contributed by atoms with E-state index in [0.717, 1.165) is 12.8 Å². The summed E-state index contributed by atoms with van der Waals surface area (Å²) in [5, 5.41) is 8.44. The molecule has 0 rings (SSSR count). The van der Waals surface area contributed by atoms with Gasteiger partial charge in [0.05, 0.1) is 17.9 Å². The summed E-state index contributed by atoms with van der Waals surface area (Å²) < 4.78 is 5.28. The first-order valence-corrected chi connectivity index (χ1v) is 15.1. The summed E-state index contributed by atoms with van der Waals surface area (Å²) in [5.74, 6) is -0.690. The lowest BCUT2D eigenvalue weighted by Crippen LogP contribution is -2.21. The molecule has 210 valence electrons. The van der Waals surface area contributed by atoms with E-state index in [9.17, 15) is 9.59 Å². The fraction of sp³-hybridized carbons (Fsp3) is 0.935. The molecule has 1 atom stereocenters. The smallest absolute Gasteiger partial charge is 0.309 e. The maximum Gasteiger partial charge on any atom is 0.309 e. The van der Waals surface area contributed by atoms with Crippen molar-refractivity contribution in [2.24, 2.45) is 11.3 Å². The number of carbonyl (C=O) groups is 2. The number of carbonyl (C=O) groups excluding carboxylic acids is 1. The van der Waals surface area contributed by atoms with Crippen LogP contribution in [0.5, 0.6) is 0 Å². The van der Waals surface area contributed by atoms with Gasteiger partial charge in [-0.2, -0.15) is 0 Å². The van der Waals surface area contributed by atoms with Crippen LogP contribution in [-0.2, 0) is 14.3 Å². The highest BCUT2D eigenvalue weighted by molar-refractivity contribution is 5.73. The Balaban J connectivity index is 0. The average molecular weight is 499 g/mol. The first kappa shape index (κ1) is 36.1. The lowest BCUT2D eigenvalue weighted by Gasteiger charge is -2.14. The Kier molecular flexibility index (Phi) is 26.8. The monoisotopic (exact) mass is 498 g/mol. The van der Waals surface area contributed by atoms with Crippen LogP contribution in [-0.4, -0.2) is 23.7 Å². The van der Waals surface area contributed by atoms with E-state index in [4.69, 9.17) is 9.84 Å². The van der Waals surface area contributed by atoms with Gasteiger partial charge in [0.25, 0.3) is 0 Å². The predicted molar refractivity (Wildman–Crippen MR) is 151 cm³/mol. The second-order valence-corrected chi connectivity index (χ2v) is 11.0. The average Bonchev–Trinajstić information content (AvgIpc) is 2.85. The van der Waals surface area contributed by atoms with E-state index >= 15 is 0 Å². The van der Waals surface area contributed by atoms with Crippen LogP contribution in [0.25, 0.3) is 0 Å². The second kappa shape index (κ2) is 26.0. The summed E-state index contributed by atoms with van der Waals surface area (Å²) in [6, 6.07) is 0. The molecule has 4 heteroatoms. The topological polar surface area (TPSA) is 63.6 Å². The van der Waals surface area contributed by atoms with Crippen molar-refractivity contribution in [3.8, 4) is 0 Å².